The molecule has 0 atom stereocenters. The number of hydrogen-bond acceptors (Lipinski definition) is 6. The summed E-state index contributed by atoms with van der Waals surface area (Å²) < 4.78 is 7.45. The van der Waals surface area contributed by atoms with Crippen molar-refractivity contribution in [2.75, 3.05) is 11.9 Å². The Morgan fingerprint density at radius 1 is 1.43 bits per heavy atom. The van der Waals surface area contributed by atoms with Crippen LogP contribution < -0.4 is 10.1 Å². The number of nitrogens with one attached hydrogen (secondary N) is 1. The molecule has 0 unspecified atom stereocenters. The summed E-state index contributed by atoms with van der Waals surface area (Å²) in [5.74, 6) is 0.435. The van der Waals surface area contributed by atoms with Crippen LogP contribution in [0.25, 0.3) is 6.08 Å². The van der Waals surface area contributed by atoms with Gasteiger partial charge in [0.25, 0.3) is 0 Å². The van der Waals surface area contributed by atoms with E-state index in [9.17, 15) is 15.2 Å². The van der Waals surface area contributed by atoms with Gasteiger partial charge in [-0.25, -0.2) is 0 Å². The zero-order valence-corrected chi connectivity index (χ0v) is 12.0. The Morgan fingerprint density at radius 3 is 3.04 bits per heavy atom. The second-order valence-corrected chi connectivity index (χ2v) is 4.80. The van der Waals surface area contributed by atoms with Gasteiger partial charge in [-0.15, -0.1) is 0 Å². The van der Waals surface area contributed by atoms with E-state index in [1.807, 2.05) is 22.9 Å². The minimum Gasteiger partial charge on any atom is -0.490 e. The van der Waals surface area contributed by atoms with Gasteiger partial charge >= 0.3 is 5.88 Å². The van der Waals surface area contributed by atoms with Crippen molar-refractivity contribution in [1.29, 1.82) is 0 Å². The fourth-order valence-corrected chi connectivity index (χ4v) is 2.22. The van der Waals surface area contributed by atoms with Crippen LogP contribution in [0.1, 0.15) is 5.56 Å². The number of rotatable bonds is 5. The first-order valence-corrected chi connectivity index (χ1v) is 6.90. The normalized spacial score (nSPS) is 14.8. The van der Waals surface area contributed by atoms with Gasteiger partial charge in [-0.2, -0.15) is 0 Å². The number of aliphatic hydroxyl groups is 1. The van der Waals surface area contributed by atoms with Crippen LogP contribution in [0.4, 0.5) is 5.82 Å². The average molecular weight is 314 g/mol. The summed E-state index contributed by atoms with van der Waals surface area (Å²) in [6.45, 7) is 0.954. The minimum absolute atomic E-state index is 0.0515. The lowest BCUT2D eigenvalue weighted by Crippen LogP contribution is -2.15. The first kappa shape index (κ1) is 14.6. The van der Waals surface area contributed by atoms with E-state index in [1.165, 1.54) is 6.08 Å². The van der Waals surface area contributed by atoms with Crippen LogP contribution in [0.2, 0.25) is 0 Å². The molecule has 1 aliphatic rings. The number of aromatic nitrogens is 2. The zero-order valence-electron chi connectivity index (χ0n) is 12.0. The van der Waals surface area contributed by atoms with E-state index in [0.29, 0.717) is 24.7 Å². The van der Waals surface area contributed by atoms with Crippen LogP contribution in [-0.2, 0) is 6.54 Å². The second kappa shape index (κ2) is 6.22. The van der Waals surface area contributed by atoms with Crippen LogP contribution in [0.15, 0.2) is 54.4 Å². The van der Waals surface area contributed by atoms with Gasteiger partial charge in [0.2, 0.25) is 0 Å². The molecule has 0 saturated carbocycles. The quantitative estimate of drug-likeness (QED) is 0.499. The highest BCUT2D eigenvalue weighted by atomic mass is 16.7. The Kier molecular flexibility index (Phi) is 3.96. The monoisotopic (exact) mass is 314 g/mol. The second-order valence-electron chi connectivity index (χ2n) is 4.80. The van der Waals surface area contributed by atoms with Crippen LogP contribution in [0, 0.1) is 10.1 Å². The maximum Gasteiger partial charge on any atom is 0.449 e. The number of ether oxygens (including phenoxy) is 1. The molecule has 0 spiro atoms. The highest BCUT2D eigenvalue weighted by Crippen LogP contribution is 2.27. The number of nitrogens with zero attached hydrogens (tertiary/aromatic N) is 3. The van der Waals surface area contributed by atoms with Gasteiger partial charge < -0.3 is 19.7 Å². The fourth-order valence-electron chi connectivity index (χ4n) is 2.22. The Bertz CT molecular complexity index is 780. The molecule has 0 radical (unpaired) electrons. The smallest absolute Gasteiger partial charge is 0.449 e. The summed E-state index contributed by atoms with van der Waals surface area (Å²) in [5.41, 5.74) is 0.932. The Hall–Kier alpha value is -3.29. The van der Waals surface area contributed by atoms with Crippen molar-refractivity contribution in [3.63, 3.8) is 0 Å². The molecule has 8 nitrogen and oxygen atoms in total. The fraction of sp³-hybridized carbons (Fsp3) is 0.133. The molecule has 0 amide bonds. The molecule has 2 N–H and O–H groups in total. The number of allylic oxidation sites excluding steroid dienone is 1. The van der Waals surface area contributed by atoms with Crippen LogP contribution in [0.3, 0.4) is 0 Å². The van der Waals surface area contributed by atoms with Crippen molar-refractivity contribution in [1.82, 2.24) is 9.55 Å². The zero-order chi connectivity index (χ0) is 16.2. The summed E-state index contributed by atoms with van der Waals surface area (Å²) in [7, 11) is 0. The molecule has 3 heterocycles. The van der Waals surface area contributed by atoms with Gasteiger partial charge in [0.1, 0.15) is 23.1 Å². The van der Waals surface area contributed by atoms with Gasteiger partial charge in [0, 0.05) is 18.0 Å². The number of nitro groups is 1. The van der Waals surface area contributed by atoms with Crippen molar-refractivity contribution >= 4 is 11.9 Å². The molecule has 2 aromatic heterocycles. The molecule has 2 aromatic rings. The summed E-state index contributed by atoms with van der Waals surface area (Å²) >= 11 is 0. The predicted octanol–water partition coefficient (Wildman–Crippen LogP) is 2.40. The van der Waals surface area contributed by atoms with Crippen molar-refractivity contribution in [3.05, 3.63) is 70.1 Å². The summed E-state index contributed by atoms with van der Waals surface area (Å²) in [6.07, 6.45) is 8.32. The first-order chi connectivity index (χ1) is 11.1. The molecular formula is C15H14N4O4. The van der Waals surface area contributed by atoms with E-state index in [1.54, 1.807) is 24.5 Å². The lowest BCUT2D eigenvalue weighted by Gasteiger charge is -2.15. The maximum atomic E-state index is 10.7. The summed E-state index contributed by atoms with van der Waals surface area (Å²) in [4.78, 5) is 13.8. The van der Waals surface area contributed by atoms with E-state index < -0.39 is 10.8 Å². The van der Waals surface area contributed by atoms with E-state index >= 15 is 0 Å². The molecule has 0 aliphatic carbocycles. The van der Waals surface area contributed by atoms with Gasteiger partial charge in [0.15, 0.2) is 5.70 Å². The molecule has 0 saturated heterocycles. The number of aliphatic hydroxyl groups excluding tert-OH is 1. The molecule has 0 aromatic carbocycles. The SMILES string of the molecule is O=[N+]([O-])C(O)=C1C=Cc2ccn(CCOc3cccnc3)c2N1. The van der Waals surface area contributed by atoms with Crippen molar-refractivity contribution in [3.8, 4) is 5.75 Å². The van der Waals surface area contributed by atoms with Gasteiger partial charge in [-0.05, 0) is 30.4 Å². The number of anilines is 1. The molecule has 23 heavy (non-hydrogen) atoms. The minimum atomic E-state index is -0.911. The molecule has 1 aliphatic heterocycles. The lowest BCUT2D eigenvalue weighted by molar-refractivity contribution is -0.459. The van der Waals surface area contributed by atoms with Gasteiger partial charge in [-0.1, -0.05) is 0 Å². The van der Waals surface area contributed by atoms with Gasteiger partial charge in [-0.3, -0.25) is 15.1 Å². The molecule has 8 heteroatoms. The van der Waals surface area contributed by atoms with Crippen LogP contribution in [0.5, 0.6) is 5.75 Å². The third-order valence-corrected chi connectivity index (χ3v) is 3.33. The van der Waals surface area contributed by atoms with E-state index in [0.717, 1.165) is 5.56 Å². The van der Waals surface area contributed by atoms with Crippen LogP contribution >= 0.6 is 0 Å². The third kappa shape index (κ3) is 3.15. The van der Waals surface area contributed by atoms with E-state index in [4.69, 9.17) is 4.74 Å². The number of pyridine rings is 1. The first-order valence-electron chi connectivity index (χ1n) is 6.90. The average Bonchev–Trinajstić information content (AvgIpc) is 2.97. The predicted molar refractivity (Wildman–Crippen MR) is 83.5 cm³/mol. The Morgan fingerprint density at radius 2 is 2.30 bits per heavy atom. The highest BCUT2D eigenvalue weighted by molar-refractivity contribution is 5.73. The van der Waals surface area contributed by atoms with E-state index in [-0.39, 0.29) is 5.70 Å². The maximum absolute atomic E-state index is 10.7. The molecule has 0 fully saturated rings. The third-order valence-electron chi connectivity index (χ3n) is 3.33. The molecule has 0 bridgehead atoms. The van der Waals surface area contributed by atoms with E-state index in [2.05, 4.69) is 10.3 Å². The number of fused-ring (bicyclic) bond motifs is 1. The van der Waals surface area contributed by atoms with Crippen molar-refractivity contribution in [2.45, 2.75) is 6.54 Å². The molecule has 3 rings (SSSR count). The number of hydrogen-bond donors (Lipinski definition) is 2. The molecular weight excluding hydrogens is 300 g/mol. The topological polar surface area (TPSA) is 102 Å². The van der Waals surface area contributed by atoms with Crippen LogP contribution in [-0.4, -0.2) is 26.2 Å². The largest absolute Gasteiger partial charge is 0.490 e. The van der Waals surface area contributed by atoms with Crippen molar-refractivity contribution in [2.24, 2.45) is 0 Å². The van der Waals surface area contributed by atoms with Crippen molar-refractivity contribution < 1.29 is 14.8 Å². The lowest BCUT2D eigenvalue weighted by atomic mass is 10.2. The van der Waals surface area contributed by atoms with Gasteiger partial charge in [0.05, 0.1) is 12.7 Å². The summed E-state index contributed by atoms with van der Waals surface area (Å²) in [6, 6.07) is 5.48. The Labute approximate surface area is 131 Å². The summed E-state index contributed by atoms with van der Waals surface area (Å²) in [5, 5.41) is 23.0. The standard InChI is InChI=1S/C15H14N4O4/c20-15(19(21)22)13-4-3-11-5-7-18(14(11)17-13)8-9-23-12-2-1-6-16-10-12/h1-7,10,17,20H,8-9H2. The Balaban J connectivity index is 1.70. The molecule has 118 valence electrons. The highest BCUT2D eigenvalue weighted by Gasteiger charge is 2.20.